The van der Waals surface area contributed by atoms with Crippen molar-refractivity contribution in [1.29, 1.82) is 0 Å². The Morgan fingerprint density at radius 3 is 2.48 bits per heavy atom. The highest BCUT2D eigenvalue weighted by atomic mass is 35.5. The molecule has 0 atom stereocenters. The maximum Gasteiger partial charge on any atom is 0.245 e. The van der Waals surface area contributed by atoms with Crippen LogP contribution < -0.4 is 5.73 Å². The Morgan fingerprint density at radius 2 is 1.69 bits per heavy atom. The molecular formula is C19H11ClN8O. The Labute approximate surface area is 167 Å². The van der Waals surface area contributed by atoms with E-state index in [4.69, 9.17) is 22.0 Å². The van der Waals surface area contributed by atoms with Crippen LogP contribution in [0.3, 0.4) is 0 Å². The molecule has 0 radical (unpaired) electrons. The lowest BCUT2D eigenvalue weighted by Crippen LogP contribution is -2.01. The smallest absolute Gasteiger partial charge is 0.245 e. The zero-order valence-electron chi connectivity index (χ0n) is 14.7. The second-order valence-electron chi connectivity index (χ2n) is 6.48. The zero-order chi connectivity index (χ0) is 19.5. The lowest BCUT2D eigenvalue weighted by atomic mass is 10.2. The minimum Gasteiger partial charge on any atom is -0.384 e. The van der Waals surface area contributed by atoms with Crippen LogP contribution in [0.25, 0.3) is 50.6 Å². The maximum atomic E-state index is 6.60. The van der Waals surface area contributed by atoms with Gasteiger partial charge in [-0.15, -0.1) is 0 Å². The summed E-state index contributed by atoms with van der Waals surface area (Å²) >= 11 is 6.05. The number of hydrogen-bond donors (Lipinski definition) is 2. The Hall–Kier alpha value is -3.98. The van der Waals surface area contributed by atoms with Crippen LogP contribution >= 0.6 is 11.6 Å². The predicted octanol–water partition coefficient (Wildman–Crippen LogP) is 3.74. The average molecular weight is 403 g/mol. The molecule has 0 spiro atoms. The molecule has 140 valence electrons. The summed E-state index contributed by atoms with van der Waals surface area (Å²) in [5.41, 5.74) is 11.4. The molecule has 4 aromatic heterocycles. The first-order valence-corrected chi connectivity index (χ1v) is 9.08. The Bertz CT molecular complexity index is 1500. The molecule has 2 aromatic carbocycles. The van der Waals surface area contributed by atoms with E-state index in [2.05, 4.69) is 30.2 Å². The molecule has 10 heteroatoms. The van der Waals surface area contributed by atoms with Crippen molar-refractivity contribution in [2.24, 2.45) is 0 Å². The number of anilines is 1. The number of imidazole rings is 1. The highest BCUT2D eigenvalue weighted by Gasteiger charge is 2.24. The summed E-state index contributed by atoms with van der Waals surface area (Å²) in [5.74, 6) is 1.03. The first-order chi connectivity index (χ1) is 14.2. The van der Waals surface area contributed by atoms with E-state index in [1.54, 1.807) is 16.7 Å². The van der Waals surface area contributed by atoms with Crippen molar-refractivity contribution >= 4 is 50.9 Å². The average Bonchev–Trinajstić information content (AvgIpc) is 3.41. The SMILES string of the molecule is Nc1c(-c2nc3ccccc3[nH]2)c2nc3nonc3nc2n1-c1ccc(Cl)cc1. The number of hydrogen-bond acceptors (Lipinski definition) is 7. The fourth-order valence-corrected chi connectivity index (χ4v) is 3.58. The summed E-state index contributed by atoms with van der Waals surface area (Å²) in [6, 6.07) is 15.0. The molecule has 3 N–H and O–H groups in total. The van der Waals surface area contributed by atoms with E-state index in [0.717, 1.165) is 16.7 Å². The number of nitrogens with zero attached hydrogens (tertiary/aromatic N) is 6. The summed E-state index contributed by atoms with van der Waals surface area (Å²) in [5, 5.41) is 8.24. The molecule has 4 heterocycles. The first kappa shape index (κ1) is 16.0. The number of nitrogens with two attached hydrogens (primary N) is 1. The van der Waals surface area contributed by atoms with E-state index in [-0.39, 0.29) is 0 Å². The normalized spacial score (nSPS) is 11.8. The minimum absolute atomic E-state index is 0.293. The van der Waals surface area contributed by atoms with Crippen molar-refractivity contribution in [2.75, 3.05) is 5.73 Å². The molecule has 0 bridgehead atoms. The zero-order valence-corrected chi connectivity index (χ0v) is 15.4. The van der Waals surface area contributed by atoms with Crippen LogP contribution in [0, 0.1) is 0 Å². The van der Waals surface area contributed by atoms with E-state index >= 15 is 0 Å². The van der Waals surface area contributed by atoms with E-state index in [1.165, 1.54) is 0 Å². The van der Waals surface area contributed by atoms with Gasteiger partial charge in [0.2, 0.25) is 11.3 Å². The minimum atomic E-state index is 0.293. The van der Waals surface area contributed by atoms with Crippen LogP contribution in [0.4, 0.5) is 5.82 Å². The first-order valence-electron chi connectivity index (χ1n) is 8.70. The number of fused-ring (bicyclic) bond motifs is 3. The number of nitrogen functional groups attached to an aromatic ring is 1. The largest absolute Gasteiger partial charge is 0.384 e. The topological polar surface area (TPSA) is 124 Å². The summed E-state index contributed by atoms with van der Waals surface area (Å²) in [6.45, 7) is 0. The summed E-state index contributed by atoms with van der Waals surface area (Å²) in [6.07, 6.45) is 0. The highest BCUT2D eigenvalue weighted by molar-refractivity contribution is 6.30. The number of rotatable bonds is 2. The Balaban J connectivity index is 1.73. The monoisotopic (exact) mass is 402 g/mol. The van der Waals surface area contributed by atoms with Crippen molar-refractivity contribution in [3.63, 3.8) is 0 Å². The van der Waals surface area contributed by atoms with Gasteiger partial charge in [0.05, 0.1) is 16.6 Å². The molecular weight excluding hydrogens is 392 g/mol. The molecule has 29 heavy (non-hydrogen) atoms. The van der Waals surface area contributed by atoms with Crippen LogP contribution in [-0.2, 0) is 0 Å². The number of nitrogens with one attached hydrogen (secondary N) is 1. The molecule has 0 aliphatic heterocycles. The number of H-pyrrole nitrogens is 1. The van der Waals surface area contributed by atoms with E-state index in [1.807, 2.05) is 36.4 Å². The summed E-state index contributed by atoms with van der Waals surface area (Å²) < 4.78 is 6.57. The molecule has 0 fully saturated rings. The second-order valence-corrected chi connectivity index (χ2v) is 6.92. The van der Waals surface area contributed by atoms with Gasteiger partial charge in [-0.25, -0.2) is 19.6 Å². The molecule has 0 unspecified atom stereocenters. The summed E-state index contributed by atoms with van der Waals surface area (Å²) in [7, 11) is 0. The van der Waals surface area contributed by atoms with Crippen LogP contribution in [0.2, 0.25) is 5.02 Å². The third kappa shape index (κ3) is 2.31. The molecule has 0 amide bonds. The van der Waals surface area contributed by atoms with Gasteiger partial charge in [0.25, 0.3) is 0 Å². The van der Waals surface area contributed by atoms with Crippen molar-refractivity contribution in [3.05, 3.63) is 53.6 Å². The Morgan fingerprint density at radius 1 is 0.931 bits per heavy atom. The van der Waals surface area contributed by atoms with Gasteiger partial charge >= 0.3 is 0 Å². The molecule has 0 saturated heterocycles. The van der Waals surface area contributed by atoms with Crippen LogP contribution in [0.15, 0.2) is 53.2 Å². The molecule has 6 aromatic rings. The van der Waals surface area contributed by atoms with Crippen molar-refractivity contribution in [3.8, 4) is 17.1 Å². The van der Waals surface area contributed by atoms with Gasteiger partial charge in [0.1, 0.15) is 17.2 Å². The Kier molecular flexibility index (Phi) is 3.18. The number of aromatic nitrogens is 7. The lowest BCUT2D eigenvalue weighted by Gasteiger charge is -2.07. The number of para-hydroxylation sites is 2. The standard InChI is InChI=1S/C19H11ClN8O/c20-9-5-7-10(8-6-9)28-15(21)13(16-22-11-3-1-2-4-12(11)23-16)14-19(28)25-18-17(24-14)26-29-27-18/h1-8H,21H2,(H,22,23). The van der Waals surface area contributed by atoms with E-state index in [9.17, 15) is 0 Å². The van der Waals surface area contributed by atoms with Gasteiger partial charge in [-0.3, -0.25) is 4.57 Å². The molecule has 0 aliphatic rings. The maximum absolute atomic E-state index is 6.60. The van der Waals surface area contributed by atoms with Crippen molar-refractivity contribution in [2.45, 2.75) is 0 Å². The van der Waals surface area contributed by atoms with Gasteiger partial charge in [-0.1, -0.05) is 23.7 Å². The van der Waals surface area contributed by atoms with Gasteiger partial charge < -0.3 is 10.7 Å². The molecule has 0 saturated carbocycles. The third-order valence-electron chi connectivity index (χ3n) is 4.75. The summed E-state index contributed by atoms with van der Waals surface area (Å²) in [4.78, 5) is 17.2. The lowest BCUT2D eigenvalue weighted by molar-refractivity contribution is 0.314. The quantitative estimate of drug-likeness (QED) is 0.452. The number of benzene rings is 2. The van der Waals surface area contributed by atoms with E-state index in [0.29, 0.717) is 44.7 Å². The fourth-order valence-electron chi connectivity index (χ4n) is 3.46. The van der Waals surface area contributed by atoms with Gasteiger partial charge in [0, 0.05) is 10.7 Å². The fraction of sp³-hybridized carbons (Fsp3) is 0. The van der Waals surface area contributed by atoms with Crippen molar-refractivity contribution < 1.29 is 4.63 Å². The molecule has 9 nitrogen and oxygen atoms in total. The van der Waals surface area contributed by atoms with Crippen LogP contribution in [0.1, 0.15) is 0 Å². The van der Waals surface area contributed by atoms with Crippen molar-refractivity contribution in [1.82, 2.24) is 34.8 Å². The van der Waals surface area contributed by atoms with Crippen LogP contribution in [0.5, 0.6) is 0 Å². The number of halogens is 1. The van der Waals surface area contributed by atoms with Gasteiger partial charge in [-0.2, -0.15) is 0 Å². The molecule has 0 aliphatic carbocycles. The predicted molar refractivity (Wildman–Crippen MR) is 109 cm³/mol. The third-order valence-corrected chi connectivity index (χ3v) is 5.00. The number of aromatic amines is 1. The van der Waals surface area contributed by atoms with Gasteiger partial charge in [0.15, 0.2) is 5.65 Å². The second kappa shape index (κ2) is 5.76. The highest BCUT2D eigenvalue weighted by Crippen LogP contribution is 2.37. The van der Waals surface area contributed by atoms with E-state index < -0.39 is 0 Å². The van der Waals surface area contributed by atoms with Crippen LogP contribution in [-0.4, -0.2) is 34.8 Å². The van der Waals surface area contributed by atoms with Gasteiger partial charge in [-0.05, 0) is 46.7 Å². The molecule has 6 rings (SSSR count).